The lowest BCUT2D eigenvalue weighted by Gasteiger charge is -2.17. The van der Waals surface area contributed by atoms with Crippen molar-refractivity contribution in [2.75, 3.05) is 27.9 Å². The lowest BCUT2D eigenvalue weighted by Crippen LogP contribution is -2.30. The molecule has 1 aromatic carbocycles. The number of fused-ring (bicyclic) bond motifs is 1. The molecule has 1 N–H and O–H groups in total. The third-order valence-electron chi connectivity index (χ3n) is 3.52. The summed E-state index contributed by atoms with van der Waals surface area (Å²) in [5.41, 5.74) is 2.40. The molecule has 2 rings (SSSR count). The Morgan fingerprint density at radius 3 is 2.68 bits per heavy atom. The van der Waals surface area contributed by atoms with Gasteiger partial charge < -0.3 is 9.72 Å². The molecule has 1 heterocycles. The Bertz CT molecular complexity index is 778. The molecule has 7 heteroatoms. The first-order chi connectivity index (χ1) is 12.1. The van der Waals surface area contributed by atoms with Crippen LogP contribution in [-0.2, 0) is 19.2 Å². The fourth-order valence-corrected chi connectivity index (χ4v) is 2.50. The van der Waals surface area contributed by atoms with E-state index in [1.54, 1.807) is 19.3 Å². The van der Waals surface area contributed by atoms with Crippen molar-refractivity contribution in [2.24, 2.45) is 0 Å². The highest BCUT2D eigenvalue weighted by atomic mass is 35.5. The maximum Gasteiger partial charge on any atom is 0.300 e. The van der Waals surface area contributed by atoms with E-state index >= 15 is 0 Å². The molecule has 0 saturated carbocycles. The Morgan fingerprint density at radius 1 is 1.24 bits per heavy atom. The van der Waals surface area contributed by atoms with E-state index in [0.717, 1.165) is 21.8 Å². The maximum atomic E-state index is 12.3. The first-order valence-electron chi connectivity index (χ1n) is 7.66. The van der Waals surface area contributed by atoms with Gasteiger partial charge in [0.05, 0.1) is 20.8 Å². The molecule has 0 fully saturated rings. The van der Waals surface area contributed by atoms with Crippen LogP contribution in [0.3, 0.4) is 0 Å². The number of carbonyl (C=O) groups is 1. The number of halogens is 1. The van der Waals surface area contributed by atoms with Crippen LogP contribution in [0.15, 0.2) is 42.0 Å². The van der Waals surface area contributed by atoms with Crippen LogP contribution in [0.5, 0.6) is 0 Å². The summed E-state index contributed by atoms with van der Waals surface area (Å²) < 4.78 is 5.05. The van der Waals surface area contributed by atoms with Crippen molar-refractivity contribution < 1.29 is 19.2 Å². The van der Waals surface area contributed by atoms with Gasteiger partial charge in [-0.1, -0.05) is 29.0 Å². The third-order valence-corrected chi connectivity index (χ3v) is 3.76. The minimum absolute atomic E-state index is 0.380. The Balaban J connectivity index is 2.19. The molecule has 0 aliphatic heterocycles. The number of aromatic amines is 1. The molecule has 0 bridgehead atoms. The topological polar surface area (TPSA) is 63.8 Å². The van der Waals surface area contributed by atoms with Gasteiger partial charge in [0.25, 0.3) is 5.91 Å². The van der Waals surface area contributed by atoms with Gasteiger partial charge in [0.2, 0.25) is 0 Å². The highest BCUT2D eigenvalue weighted by molar-refractivity contribution is 6.31. The van der Waals surface area contributed by atoms with E-state index in [9.17, 15) is 4.79 Å². The molecule has 0 unspecified atom stereocenters. The van der Waals surface area contributed by atoms with Crippen LogP contribution in [0.2, 0.25) is 5.02 Å². The van der Waals surface area contributed by atoms with Crippen molar-refractivity contribution in [2.45, 2.75) is 6.42 Å². The number of H-pyrrole nitrogens is 1. The SMILES string of the molecule is COCC/C(=C/C=C/c1cc2cc(Cl)ccc2[nH]1)C(=O)N(OC)OC. The van der Waals surface area contributed by atoms with E-state index < -0.39 is 0 Å². The van der Waals surface area contributed by atoms with E-state index in [4.69, 9.17) is 26.0 Å². The van der Waals surface area contributed by atoms with Crippen molar-refractivity contribution in [3.05, 3.63) is 52.7 Å². The van der Waals surface area contributed by atoms with Crippen LogP contribution >= 0.6 is 11.6 Å². The van der Waals surface area contributed by atoms with Crippen LogP contribution in [0.25, 0.3) is 17.0 Å². The zero-order chi connectivity index (χ0) is 18.2. The summed E-state index contributed by atoms with van der Waals surface area (Å²) in [5, 5.41) is 2.53. The van der Waals surface area contributed by atoms with Gasteiger partial charge in [0.15, 0.2) is 0 Å². The number of rotatable bonds is 8. The van der Waals surface area contributed by atoms with Crippen molar-refractivity contribution in [1.82, 2.24) is 10.2 Å². The molecule has 1 aromatic heterocycles. The molecule has 0 spiro atoms. The van der Waals surface area contributed by atoms with Gasteiger partial charge in [-0.2, -0.15) is 0 Å². The van der Waals surface area contributed by atoms with Crippen LogP contribution in [-0.4, -0.2) is 44.1 Å². The average molecular weight is 365 g/mol. The molecular weight excluding hydrogens is 344 g/mol. The standard InChI is InChI=1S/C18H21ClN2O4/c1-23-10-9-13(18(22)21(24-2)25-3)5-4-6-16-12-14-11-15(19)7-8-17(14)20-16/h4-8,11-12,20H,9-10H2,1-3H3/b6-4+,13-5-. The number of hydroxylamine groups is 2. The molecular formula is C18H21ClN2O4. The summed E-state index contributed by atoms with van der Waals surface area (Å²) in [7, 11) is 4.31. The molecule has 0 aliphatic carbocycles. The normalized spacial score (nSPS) is 12.2. The van der Waals surface area contributed by atoms with Crippen LogP contribution in [0.1, 0.15) is 12.1 Å². The number of methoxy groups -OCH3 is 1. The monoisotopic (exact) mass is 364 g/mol. The Hall–Kier alpha value is -2.12. The van der Waals surface area contributed by atoms with Gasteiger partial charge in [-0.05, 0) is 30.3 Å². The molecule has 0 radical (unpaired) electrons. The van der Waals surface area contributed by atoms with E-state index in [2.05, 4.69) is 4.98 Å². The quantitative estimate of drug-likeness (QED) is 0.440. The van der Waals surface area contributed by atoms with Gasteiger partial charge in [0, 0.05) is 40.7 Å². The van der Waals surface area contributed by atoms with Crippen molar-refractivity contribution >= 4 is 34.5 Å². The number of nitrogens with zero attached hydrogens (tertiary/aromatic N) is 1. The molecule has 134 valence electrons. The first-order valence-corrected chi connectivity index (χ1v) is 8.04. The third kappa shape index (κ3) is 5.17. The molecule has 0 saturated heterocycles. The number of amides is 1. The summed E-state index contributed by atoms with van der Waals surface area (Å²) in [5.74, 6) is -0.380. The summed E-state index contributed by atoms with van der Waals surface area (Å²) in [6.07, 6.45) is 5.81. The van der Waals surface area contributed by atoms with Gasteiger partial charge >= 0.3 is 0 Å². The summed E-state index contributed by atoms with van der Waals surface area (Å²) >= 11 is 6.00. The number of carbonyl (C=O) groups excluding carboxylic acids is 1. The maximum absolute atomic E-state index is 12.3. The second kappa shape index (κ2) is 9.39. The lowest BCUT2D eigenvalue weighted by molar-refractivity contribution is -0.314. The summed E-state index contributed by atoms with van der Waals surface area (Å²) in [6.45, 7) is 0.414. The van der Waals surface area contributed by atoms with Gasteiger partial charge in [-0.3, -0.25) is 4.79 Å². The zero-order valence-electron chi connectivity index (χ0n) is 14.4. The fraction of sp³-hybridized carbons (Fsp3) is 0.278. The number of ether oxygens (including phenoxy) is 1. The van der Waals surface area contributed by atoms with Gasteiger partial charge in [-0.25, -0.2) is 9.68 Å². The van der Waals surface area contributed by atoms with Crippen molar-refractivity contribution in [1.29, 1.82) is 0 Å². The van der Waals surface area contributed by atoms with Gasteiger partial charge in [-0.15, -0.1) is 0 Å². The minimum Gasteiger partial charge on any atom is -0.384 e. The number of allylic oxidation sites excluding steroid dienone is 2. The van der Waals surface area contributed by atoms with E-state index in [1.165, 1.54) is 14.2 Å². The molecule has 0 aliphatic rings. The predicted octanol–water partition coefficient (Wildman–Crippen LogP) is 3.75. The molecule has 0 atom stereocenters. The van der Waals surface area contributed by atoms with Crippen LogP contribution < -0.4 is 0 Å². The molecule has 1 amide bonds. The highest BCUT2D eigenvalue weighted by Crippen LogP contribution is 2.20. The number of hydrogen-bond donors (Lipinski definition) is 1. The second-order valence-electron chi connectivity index (χ2n) is 5.18. The minimum atomic E-state index is -0.380. The van der Waals surface area contributed by atoms with Crippen molar-refractivity contribution in [3.63, 3.8) is 0 Å². The second-order valence-corrected chi connectivity index (χ2v) is 5.61. The largest absolute Gasteiger partial charge is 0.384 e. The van der Waals surface area contributed by atoms with E-state index in [0.29, 0.717) is 23.6 Å². The van der Waals surface area contributed by atoms with Crippen LogP contribution in [0.4, 0.5) is 0 Å². The van der Waals surface area contributed by atoms with Crippen molar-refractivity contribution in [3.8, 4) is 0 Å². The predicted molar refractivity (Wildman–Crippen MR) is 97.8 cm³/mol. The smallest absolute Gasteiger partial charge is 0.300 e. The summed E-state index contributed by atoms with van der Waals surface area (Å²) in [6, 6.07) is 7.63. The Labute approximate surface area is 151 Å². The van der Waals surface area contributed by atoms with Gasteiger partial charge in [0.1, 0.15) is 0 Å². The zero-order valence-corrected chi connectivity index (χ0v) is 15.2. The number of aromatic nitrogens is 1. The molecule has 6 nitrogen and oxygen atoms in total. The molecule has 25 heavy (non-hydrogen) atoms. The Morgan fingerprint density at radius 2 is 2.00 bits per heavy atom. The summed E-state index contributed by atoms with van der Waals surface area (Å²) in [4.78, 5) is 25.3. The van der Waals surface area contributed by atoms with E-state index in [1.807, 2.05) is 30.3 Å². The number of nitrogens with one attached hydrogen (secondary N) is 1. The fourth-order valence-electron chi connectivity index (χ4n) is 2.31. The number of benzene rings is 1. The van der Waals surface area contributed by atoms with Crippen LogP contribution in [0, 0.1) is 0 Å². The van der Waals surface area contributed by atoms with E-state index in [-0.39, 0.29) is 5.91 Å². The number of hydrogen-bond acceptors (Lipinski definition) is 4. The molecule has 2 aromatic rings. The lowest BCUT2D eigenvalue weighted by atomic mass is 10.1. The Kier molecular flexibility index (Phi) is 7.21. The highest BCUT2D eigenvalue weighted by Gasteiger charge is 2.17. The first kappa shape index (κ1) is 19.2. The average Bonchev–Trinajstić information content (AvgIpc) is 3.00.